The van der Waals surface area contributed by atoms with E-state index in [1.165, 1.54) is 24.5 Å². The van der Waals surface area contributed by atoms with Crippen LogP contribution in [0.25, 0.3) is 10.8 Å². The van der Waals surface area contributed by atoms with Gasteiger partial charge in [0.15, 0.2) is 0 Å². The molecule has 1 amide bonds. The van der Waals surface area contributed by atoms with Gasteiger partial charge in [0.2, 0.25) is 0 Å². The molecule has 104 valence electrons. The standard InChI is InChI=1S/C16H10ClFN2O/c17-13-7-8-19-9-15(13)20-16(21)12-5-6-14(18)11-4-2-1-3-10(11)12/h1-9H,(H,20,21). The quantitative estimate of drug-likeness (QED) is 0.767. The van der Waals surface area contributed by atoms with Crippen LogP contribution in [-0.4, -0.2) is 10.9 Å². The van der Waals surface area contributed by atoms with E-state index in [9.17, 15) is 9.18 Å². The number of benzene rings is 2. The highest BCUT2D eigenvalue weighted by atomic mass is 35.5. The molecule has 3 aromatic rings. The normalized spacial score (nSPS) is 10.6. The van der Waals surface area contributed by atoms with Crippen molar-refractivity contribution >= 4 is 34.0 Å². The van der Waals surface area contributed by atoms with Crippen molar-refractivity contribution in [3.63, 3.8) is 0 Å². The lowest BCUT2D eigenvalue weighted by Crippen LogP contribution is -2.13. The fraction of sp³-hybridized carbons (Fsp3) is 0. The minimum absolute atomic E-state index is 0.360. The van der Waals surface area contributed by atoms with Crippen molar-refractivity contribution in [2.75, 3.05) is 5.32 Å². The fourth-order valence-corrected chi connectivity index (χ4v) is 2.27. The van der Waals surface area contributed by atoms with Gasteiger partial charge < -0.3 is 5.32 Å². The number of aromatic nitrogens is 1. The number of carbonyl (C=O) groups is 1. The van der Waals surface area contributed by atoms with Crippen molar-refractivity contribution in [2.24, 2.45) is 0 Å². The molecule has 0 spiro atoms. The zero-order valence-electron chi connectivity index (χ0n) is 10.8. The minimum atomic E-state index is -0.360. The number of hydrogen-bond donors (Lipinski definition) is 1. The van der Waals surface area contributed by atoms with Crippen molar-refractivity contribution in [2.45, 2.75) is 0 Å². The Morgan fingerprint density at radius 1 is 1.10 bits per heavy atom. The third kappa shape index (κ3) is 2.58. The summed E-state index contributed by atoms with van der Waals surface area (Å²) in [5.41, 5.74) is 0.796. The summed E-state index contributed by atoms with van der Waals surface area (Å²) in [4.78, 5) is 16.3. The highest BCUT2D eigenvalue weighted by Crippen LogP contribution is 2.24. The van der Waals surface area contributed by atoms with E-state index in [1.54, 1.807) is 30.3 Å². The monoisotopic (exact) mass is 300 g/mol. The SMILES string of the molecule is O=C(Nc1cnccc1Cl)c1ccc(F)c2ccccc12. The molecule has 21 heavy (non-hydrogen) atoms. The molecule has 0 aliphatic carbocycles. The van der Waals surface area contributed by atoms with Crippen LogP contribution < -0.4 is 5.32 Å². The van der Waals surface area contributed by atoms with Crippen molar-refractivity contribution in [3.8, 4) is 0 Å². The summed E-state index contributed by atoms with van der Waals surface area (Å²) in [6.45, 7) is 0. The Morgan fingerprint density at radius 2 is 1.86 bits per heavy atom. The first kappa shape index (κ1) is 13.5. The molecule has 1 aromatic heterocycles. The molecule has 0 fully saturated rings. The molecule has 0 saturated carbocycles. The molecular formula is C16H10ClFN2O. The van der Waals surface area contributed by atoms with Crippen molar-refractivity contribution in [1.82, 2.24) is 4.98 Å². The molecule has 1 N–H and O–H groups in total. The number of amides is 1. The van der Waals surface area contributed by atoms with Gasteiger partial charge >= 0.3 is 0 Å². The van der Waals surface area contributed by atoms with E-state index in [-0.39, 0.29) is 11.7 Å². The zero-order valence-corrected chi connectivity index (χ0v) is 11.6. The van der Waals surface area contributed by atoms with E-state index >= 15 is 0 Å². The lowest BCUT2D eigenvalue weighted by Gasteiger charge is -2.09. The van der Waals surface area contributed by atoms with Crippen molar-refractivity contribution < 1.29 is 9.18 Å². The summed E-state index contributed by atoms with van der Waals surface area (Å²) in [5, 5.41) is 4.03. The molecule has 0 atom stereocenters. The molecule has 5 heteroatoms. The smallest absolute Gasteiger partial charge is 0.256 e. The number of carbonyl (C=O) groups excluding carboxylic acids is 1. The van der Waals surface area contributed by atoms with Gasteiger partial charge in [-0.25, -0.2) is 4.39 Å². The lowest BCUT2D eigenvalue weighted by molar-refractivity contribution is 0.102. The van der Waals surface area contributed by atoms with E-state index in [2.05, 4.69) is 10.3 Å². The maximum absolute atomic E-state index is 13.8. The maximum atomic E-state index is 13.8. The average molecular weight is 301 g/mol. The van der Waals surface area contributed by atoms with Gasteiger partial charge in [-0.3, -0.25) is 9.78 Å². The van der Waals surface area contributed by atoms with E-state index in [1.807, 2.05) is 0 Å². The Balaban J connectivity index is 2.03. The average Bonchev–Trinajstić information content (AvgIpc) is 2.50. The van der Waals surface area contributed by atoms with Crippen LogP contribution in [0, 0.1) is 5.82 Å². The number of nitrogens with zero attached hydrogens (tertiary/aromatic N) is 1. The van der Waals surface area contributed by atoms with Crippen molar-refractivity contribution in [3.05, 3.63) is 71.3 Å². The van der Waals surface area contributed by atoms with Gasteiger partial charge in [0.1, 0.15) is 5.82 Å². The first-order chi connectivity index (χ1) is 10.2. The third-order valence-corrected chi connectivity index (χ3v) is 3.46. The second-order valence-electron chi connectivity index (χ2n) is 4.45. The van der Waals surface area contributed by atoms with E-state index in [4.69, 9.17) is 11.6 Å². The van der Waals surface area contributed by atoms with Gasteiger partial charge in [-0.05, 0) is 23.6 Å². The molecule has 3 nitrogen and oxygen atoms in total. The van der Waals surface area contributed by atoms with Gasteiger partial charge in [0.25, 0.3) is 5.91 Å². The molecule has 0 bridgehead atoms. The van der Waals surface area contributed by atoms with Crippen LogP contribution in [0.5, 0.6) is 0 Å². The van der Waals surface area contributed by atoms with E-state index < -0.39 is 0 Å². The molecule has 2 aromatic carbocycles. The van der Waals surface area contributed by atoms with Crippen LogP contribution in [0.1, 0.15) is 10.4 Å². The Bertz CT molecular complexity index is 835. The highest BCUT2D eigenvalue weighted by molar-refractivity contribution is 6.34. The van der Waals surface area contributed by atoms with Crippen molar-refractivity contribution in [1.29, 1.82) is 0 Å². The van der Waals surface area contributed by atoms with Crippen LogP contribution in [0.2, 0.25) is 5.02 Å². The van der Waals surface area contributed by atoms with Gasteiger partial charge in [-0.2, -0.15) is 0 Å². The molecule has 1 heterocycles. The van der Waals surface area contributed by atoms with E-state index in [0.717, 1.165) is 0 Å². The molecule has 0 aliphatic rings. The number of nitrogens with one attached hydrogen (secondary N) is 1. The summed E-state index contributed by atoms with van der Waals surface area (Å²) < 4.78 is 13.8. The summed E-state index contributed by atoms with van der Waals surface area (Å²) >= 11 is 5.98. The summed E-state index contributed by atoms with van der Waals surface area (Å²) in [6.07, 6.45) is 3.00. The summed E-state index contributed by atoms with van der Waals surface area (Å²) in [7, 11) is 0. The first-order valence-corrected chi connectivity index (χ1v) is 6.63. The van der Waals surface area contributed by atoms with Gasteiger partial charge in [-0.15, -0.1) is 0 Å². The number of pyridine rings is 1. The molecule has 0 saturated heterocycles. The topological polar surface area (TPSA) is 42.0 Å². The lowest BCUT2D eigenvalue weighted by atomic mass is 10.0. The summed E-state index contributed by atoms with van der Waals surface area (Å²) in [6, 6.07) is 11.1. The second kappa shape index (κ2) is 5.50. The molecular weight excluding hydrogens is 291 g/mol. The second-order valence-corrected chi connectivity index (χ2v) is 4.86. The Labute approximate surface area is 125 Å². The molecule has 0 aliphatic heterocycles. The maximum Gasteiger partial charge on any atom is 0.256 e. The summed E-state index contributed by atoms with van der Waals surface area (Å²) in [5.74, 6) is -0.720. The van der Waals surface area contributed by atoms with E-state index in [0.29, 0.717) is 27.0 Å². The van der Waals surface area contributed by atoms with Crippen LogP contribution in [0.4, 0.5) is 10.1 Å². The number of hydrogen-bond acceptors (Lipinski definition) is 2. The Hall–Kier alpha value is -2.46. The Kier molecular flexibility index (Phi) is 3.54. The van der Waals surface area contributed by atoms with Gasteiger partial charge in [-0.1, -0.05) is 35.9 Å². The number of halogens is 2. The Morgan fingerprint density at radius 3 is 2.62 bits per heavy atom. The number of fused-ring (bicyclic) bond motifs is 1. The van der Waals surface area contributed by atoms with Gasteiger partial charge in [0, 0.05) is 17.1 Å². The number of anilines is 1. The third-order valence-electron chi connectivity index (χ3n) is 3.13. The number of rotatable bonds is 2. The minimum Gasteiger partial charge on any atom is -0.319 e. The van der Waals surface area contributed by atoms with Crippen LogP contribution >= 0.6 is 11.6 Å². The first-order valence-electron chi connectivity index (χ1n) is 6.25. The predicted molar refractivity (Wildman–Crippen MR) is 81.1 cm³/mol. The molecule has 0 unspecified atom stereocenters. The van der Waals surface area contributed by atoms with Crippen LogP contribution in [-0.2, 0) is 0 Å². The van der Waals surface area contributed by atoms with Crippen LogP contribution in [0.15, 0.2) is 54.9 Å². The fourth-order valence-electron chi connectivity index (χ4n) is 2.12. The predicted octanol–water partition coefficient (Wildman–Crippen LogP) is 4.28. The largest absolute Gasteiger partial charge is 0.319 e. The molecule has 0 radical (unpaired) electrons. The molecule has 3 rings (SSSR count). The van der Waals surface area contributed by atoms with Gasteiger partial charge in [0.05, 0.1) is 16.9 Å². The zero-order chi connectivity index (χ0) is 14.8. The highest BCUT2D eigenvalue weighted by Gasteiger charge is 2.13. The van der Waals surface area contributed by atoms with Crippen LogP contribution in [0.3, 0.4) is 0 Å².